The number of hydrogen-bond acceptors (Lipinski definition) is 7. The summed E-state index contributed by atoms with van der Waals surface area (Å²) in [5.41, 5.74) is 1.42. The normalized spacial score (nSPS) is 11.0. The number of carbonyl (C=O) groups is 1. The summed E-state index contributed by atoms with van der Waals surface area (Å²) in [7, 11) is 1.61. The molecule has 166 valence electrons. The summed E-state index contributed by atoms with van der Waals surface area (Å²) in [6, 6.07) is 7.41. The van der Waals surface area contributed by atoms with Crippen LogP contribution in [0.5, 0.6) is 11.5 Å². The first kappa shape index (κ1) is 23.7. The van der Waals surface area contributed by atoms with Crippen molar-refractivity contribution in [2.24, 2.45) is 0 Å². The van der Waals surface area contributed by atoms with E-state index in [4.69, 9.17) is 9.47 Å². The molecule has 0 unspecified atom stereocenters. The Morgan fingerprint density at radius 2 is 2.00 bits per heavy atom. The largest absolute Gasteiger partial charge is 0.493 e. The van der Waals surface area contributed by atoms with E-state index in [1.54, 1.807) is 41.9 Å². The number of ether oxygens (including phenoxy) is 2. The third-order valence-corrected chi connectivity index (χ3v) is 7.59. The van der Waals surface area contributed by atoms with Crippen LogP contribution in [0.3, 0.4) is 0 Å². The summed E-state index contributed by atoms with van der Waals surface area (Å²) in [6.07, 6.45) is 0.212. The number of benzene rings is 1. The second-order valence-corrected chi connectivity index (χ2v) is 9.34. The third kappa shape index (κ3) is 6.52. The van der Waals surface area contributed by atoms with Gasteiger partial charge in [0.2, 0.25) is 5.91 Å². The number of nitrogens with zero attached hydrogens (tertiary/aromatic N) is 2. The van der Waals surface area contributed by atoms with Gasteiger partial charge in [0.05, 0.1) is 24.1 Å². The highest BCUT2D eigenvalue weighted by Gasteiger charge is 2.13. The lowest BCUT2D eigenvalue weighted by Crippen LogP contribution is -2.28. The molecule has 3 rings (SSSR count). The van der Waals surface area contributed by atoms with Crippen LogP contribution in [0.4, 0.5) is 5.69 Å². The summed E-state index contributed by atoms with van der Waals surface area (Å²) in [4.78, 5) is 20.5. The van der Waals surface area contributed by atoms with Crippen molar-refractivity contribution in [2.75, 3.05) is 38.7 Å². The Balaban J connectivity index is 1.60. The third-order valence-electron chi connectivity index (χ3n) is 4.71. The van der Waals surface area contributed by atoms with Gasteiger partial charge < -0.3 is 19.7 Å². The van der Waals surface area contributed by atoms with Gasteiger partial charge in [-0.25, -0.2) is 4.98 Å². The molecule has 0 bridgehead atoms. The first-order valence-corrected chi connectivity index (χ1v) is 12.6. The van der Waals surface area contributed by atoms with E-state index in [9.17, 15) is 4.79 Å². The number of thiazole rings is 1. The Morgan fingerprint density at radius 1 is 1.19 bits per heavy atom. The number of aromatic nitrogens is 1. The monoisotopic (exact) mass is 523 g/mol. The van der Waals surface area contributed by atoms with Gasteiger partial charge in [-0.3, -0.25) is 4.79 Å². The summed E-state index contributed by atoms with van der Waals surface area (Å²) < 4.78 is 12.3. The highest BCUT2D eigenvalue weighted by Crippen LogP contribution is 2.35. The Labute approximate surface area is 199 Å². The van der Waals surface area contributed by atoms with Gasteiger partial charge >= 0.3 is 0 Å². The fraction of sp³-hybridized carbons (Fsp3) is 0.364. The van der Waals surface area contributed by atoms with Crippen molar-refractivity contribution < 1.29 is 14.3 Å². The van der Waals surface area contributed by atoms with Gasteiger partial charge in [0.25, 0.3) is 0 Å². The van der Waals surface area contributed by atoms with Crippen molar-refractivity contribution in [3.8, 4) is 21.4 Å². The summed E-state index contributed by atoms with van der Waals surface area (Å²) in [6.45, 7) is 7.61. The number of thiophene rings is 1. The molecule has 0 aliphatic heterocycles. The standard InChI is InChI=1S/C22H26BrN3O3S2/c1-4-26(5-2)9-10-29-19-12-15(6-7-18(19)28-3)24-20(27)13-16-14-31-22(25-16)21-17(23)8-11-30-21/h6-8,11-12,14H,4-5,9-10,13H2,1-3H3,(H,24,27). The molecule has 6 nitrogen and oxygen atoms in total. The van der Waals surface area contributed by atoms with E-state index in [2.05, 4.69) is 45.0 Å². The van der Waals surface area contributed by atoms with Crippen LogP contribution >= 0.6 is 38.6 Å². The van der Waals surface area contributed by atoms with E-state index in [0.717, 1.165) is 39.7 Å². The first-order chi connectivity index (χ1) is 15.0. The van der Waals surface area contributed by atoms with Crippen LogP contribution < -0.4 is 14.8 Å². The lowest BCUT2D eigenvalue weighted by Gasteiger charge is -2.19. The highest BCUT2D eigenvalue weighted by molar-refractivity contribution is 9.10. The van der Waals surface area contributed by atoms with E-state index in [1.807, 2.05) is 22.9 Å². The van der Waals surface area contributed by atoms with E-state index in [1.165, 1.54) is 0 Å². The summed E-state index contributed by atoms with van der Waals surface area (Å²) in [5.74, 6) is 1.13. The van der Waals surface area contributed by atoms with Crippen molar-refractivity contribution in [2.45, 2.75) is 20.3 Å². The molecule has 0 fully saturated rings. The van der Waals surface area contributed by atoms with Crippen LogP contribution in [0, 0.1) is 0 Å². The average molecular weight is 525 g/mol. The van der Waals surface area contributed by atoms with Gasteiger partial charge in [0.1, 0.15) is 11.6 Å². The van der Waals surface area contributed by atoms with Gasteiger partial charge in [0.15, 0.2) is 11.5 Å². The van der Waals surface area contributed by atoms with Crippen LogP contribution in [0.15, 0.2) is 39.5 Å². The Morgan fingerprint density at radius 3 is 2.68 bits per heavy atom. The second kappa shape index (κ2) is 11.6. The van der Waals surface area contributed by atoms with Gasteiger partial charge in [-0.1, -0.05) is 13.8 Å². The van der Waals surface area contributed by atoms with Gasteiger partial charge in [-0.2, -0.15) is 0 Å². The summed E-state index contributed by atoms with van der Waals surface area (Å²) >= 11 is 6.70. The molecular weight excluding hydrogens is 498 g/mol. The summed E-state index contributed by atoms with van der Waals surface area (Å²) in [5, 5.41) is 7.79. The predicted octanol–water partition coefficient (Wildman–Crippen LogP) is 5.54. The van der Waals surface area contributed by atoms with E-state index in [-0.39, 0.29) is 12.3 Å². The molecule has 0 aliphatic rings. The highest BCUT2D eigenvalue weighted by atomic mass is 79.9. The van der Waals surface area contributed by atoms with E-state index >= 15 is 0 Å². The molecule has 31 heavy (non-hydrogen) atoms. The van der Waals surface area contributed by atoms with Crippen molar-refractivity contribution in [1.29, 1.82) is 0 Å². The minimum atomic E-state index is -0.124. The van der Waals surface area contributed by atoms with Crippen LogP contribution in [0.25, 0.3) is 9.88 Å². The number of methoxy groups -OCH3 is 1. The maximum Gasteiger partial charge on any atom is 0.230 e. The van der Waals surface area contributed by atoms with Crippen LogP contribution in [0.2, 0.25) is 0 Å². The SMILES string of the molecule is CCN(CC)CCOc1cc(NC(=O)Cc2csc(-c3sccc3Br)n2)ccc1OC. The first-order valence-electron chi connectivity index (χ1n) is 10.0. The molecule has 1 N–H and O–H groups in total. The smallest absolute Gasteiger partial charge is 0.230 e. The van der Waals surface area contributed by atoms with Gasteiger partial charge in [-0.15, -0.1) is 22.7 Å². The van der Waals surface area contributed by atoms with Crippen molar-refractivity contribution in [1.82, 2.24) is 9.88 Å². The minimum Gasteiger partial charge on any atom is -0.493 e. The topological polar surface area (TPSA) is 63.7 Å². The second-order valence-electron chi connectivity index (χ2n) is 6.71. The number of hydrogen-bond donors (Lipinski definition) is 1. The number of likely N-dealkylation sites (N-methyl/N-ethyl adjacent to an activating group) is 1. The van der Waals surface area contributed by atoms with Crippen molar-refractivity contribution in [3.05, 3.63) is 45.2 Å². The fourth-order valence-corrected chi connectivity index (χ4v) is 5.63. The molecule has 2 aromatic heterocycles. The number of nitrogens with one attached hydrogen (secondary N) is 1. The molecule has 0 radical (unpaired) electrons. The number of anilines is 1. The average Bonchev–Trinajstić information content (AvgIpc) is 3.39. The molecule has 0 aliphatic carbocycles. The molecule has 1 aromatic carbocycles. The van der Waals surface area contributed by atoms with Crippen molar-refractivity contribution >= 4 is 50.2 Å². The lowest BCUT2D eigenvalue weighted by molar-refractivity contribution is -0.115. The Bertz CT molecular complexity index is 1000. The number of carbonyl (C=O) groups excluding carboxylic acids is 1. The van der Waals surface area contributed by atoms with Crippen LogP contribution in [0.1, 0.15) is 19.5 Å². The number of halogens is 1. The van der Waals surface area contributed by atoms with Crippen LogP contribution in [-0.4, -0.2) is 49.1 Å². The molecule has 3 aromatic rings. The lowest BCUT2D eigenvalue weighted by atomic mass is 10.2. The minimum absolute atomic E-state index is 0.124. The quantitative estimate of drug-likeness (QED) is 0.357. The molecule has 2 heterocycles. The molecule has 0 atom stereocenters. The molecule has 0 saturated carbocycles. The van der Waals surface area contributed by atoms with Gasteiger partial charge in [-0.05, 0) is 52.6 Å². The molecule has 1 amide bonds. The maximum absolute atomic E-state index is 12.6. The zero-order valence-electron chi connectivity index (χ0n) is 17.8. The van der Waals surface area contributed by atoms with Crippen LogP contribution in [-0.2, 0) is 11.2 Å². The van der Waals surface area contributed by atoms with Crippen molar-refractivity contribution in [3.63, 3.8) is 0 Å². The Kier molecular flexibility index (Phi) is 8.89. The zero-order valence-corrected chi connectivity index (χ0v) is 21.0. The maximum atomic E-state index is 12.6. The number of amides is 1. The van der Waals surface area contributed by atoms with E-state index in [0.29, 0.717) is 23.8 Å². The molecular formula is C22H26BrN3O3S2. The fourth-order valence-electron chi connectivity index (χ4n) is 3.00. The number of rotatable bonds is 11. The molecule has 0 spiro atoms. The Hall–Kier alpha value is -1.94. The van der Waals surface area contributed by atoms with E-state index < -0.39 is 0 Å². The predicted molar refractivity (Wildman–Crippen MR) is 132 cm³/mol. The zero-order chi connectivity index (χ0) is 22.2. The molecule has 9 heteroatoms. The van der Waals surface area contributed by atoms with Gasteiger partial charge in [0, 0.05) is 28.2 Å². The molecule has 0 saturated heterocycles.